The Balaban J connectivity index is 2.89. The number of hydrogen-bond donors (Lipinski definition) is 0. The second kappa shape index (κ2) is 3.11. The number of hydrogen-bond acceptors (Lipinski definition) is 2. The molecule has 10 heavy (non-hydrogen) atoms. The Morgan fingerprint density at radius 2 is 2.30 bits per heavy atom. The minimum absolute atomic E-state index is 0.910. The van der Waals surface area contributed by atoms with Crippen molar-refractivity contribution in [3.05, 3.63) is 29.6 Å². The fourth-order valence-corrected chi connectivity index (χ4v) is 0.688. The molecule has 0 aromatic carbocycles. The maximum Gasteiger partial charge on any atom is 0.0807 e. The summed E-state index contributed by atoms with van der Waals surface area (Å²) in [4.78, 5) is 7.97. The van der Waals surface area contributed by atoms with Crippen LogP contribution in [0.1, 0.15) is 11.3 Å². The van der Waals surface area contributed by atoms with Crippen LogP contribution in [0.3, 0.4) is 0 Å². The molecule has 0 fully saturated rings. The summed E-state index contributed by atoms with van der Waals surface area (Å²) in [5.74, 6) is 0. The molecular formula is C8H10N2. The van der Waals surface area contributed by atoms with Crippen LogP contribution in [0, 0.1) is 6.92 Å². The topological polar surface area (TPSA) is 25.2 Å². The lowest BCUT2D eigenvalue weighted by molar-refractivity contribution is 1.24. The molecule has 52 valence electrons. The molecule has 0 bridgehead atoms. The van der Waals surface area contributed by atoms with Gasteiger partial charge in [-0.05, 0) is 18.6 Å². The Hall–Kier alpha value is -1.18. The average molecular weight is 134 g/mol. The number of aromatic nitrogens is 1. The maximum absolute atomic E-state index is 4.12. The molecule has 1 rings (SSSR count). The number of aryl methyl sites for hydroxylation is 1. The van der Waals surface area contributed by atoms with Gasteiger partial charge < -0.3 is 0 Å². The van der Waals surface area contributed by atoms with Crippen molar-refractivity contribution in [1.29, 1.82) is 0 Å². The van der Waals surface area contributed by atoms with Gasteiger partial charge in [0.05, 0.1) is 5.69 Å². The van der Waals surface area contributed by atoms with Gasteiger partial charge in [0.2, 0.25) is 0 Å². The van der Waals surface area contributed by atoms with E-state index in [2.05, 4.69) is 9.98 Å². The monoisotopic (exact) mass is 134 g/mol. The zero-order valence-corrected chi connectivity index (χ0v) is 6.20. The largest absolute Gasteiger partial charge is 0.294 e. The van der Waals surface area contributed by atoms with E-state index >= 15 is 0 Å². The van der Waals surface area contributed by atoms with Crippen molar-refractivity contribution in [1.82, 2.24) is 4.98 Å². The molecule has 0 amide bonds. The first-order valence-electron chi connectivity index (χ1n) is 3.18. The summed E-state index contributed by atoms with van der Waals surface area (Å²) in [6, 6.07) is 3.96. The Labute approximate surface area is 60.6 Å². The second-order valence-electron chi connectivity index (χ2n) is 2.15. The summed E-state index contributed by atoms with van der Waals surface area (Å²) >= 11 is 0. The van der Waals surface area contributed by atoms with Crippen molar-refractivity contribution in [2.75, 3.05) is 7.05 Å². The summed E-state index contributed by atoms with van der Waals surface area (Å²) < 4.78 is 0. The highest BCUT2D eigenvalue weighted by Crippen LogP contribution is 1.94. The van der Waals surface area contributed by atoms with Crippen LogP contribution < -0.4 is 0 Å². The van der Waals surface area contributed by atoms with E-state index in [-0.39, 0.29) is 0 Å². The summed E-state index contributed by atoms with van der Waals surface area (Å²) in [5, 5.41) is 0. The van der Waals surface area contributed by atoms with Crippen LogP contribution in [0.25, 0.3) is 0 Å². The van der Waals surface area contributed by atoms with Gasteiger partial charge >= 0.3 is 0 Å². The third kappa shape index (κ3) is 1.65. The van der Waals surface area contributed by atoms with Crippen molar-refractivity contribution in [3.8, 4) is 0 Å². The number of pyridine rings is 1. The zero-order chi connectivity index (χ0) is 7.40. The highest BCUT2D eigenvalue weighted by atomic mass is 14.7. The van der Waals surface area contributed by atoms with Crippen LogP contribution in [0.2, 0.25) is 0 Å². The maximum atomic E-state index is 4.12. The van der Waals surface area contributed by atoms with E-state index in [1.165, 1.54) is 5.56 Å². The van der Waals surface area contributed by atoms with Gasteiger partial charge in [0.1, 0.15) is 0 Å². The van der Waals surface area contributed by atoms with E-state index in [1.54, 1.807) is 13.3 Å². The molecule has 0 radical (unpaired) electrons. The molecule has 0 saturated carbocycles. The predicted octanol–water partition coefficient (Wildman–Crippen LogP) is 1.44. The summed E-state index contributed by atoms with van der Waals surface area (Å²) in [7, 11) is 1.74. The Morgan fingerprint density at radius 3 is 2.80 bits per heavy atom. The minimum atomic E-state index is 0.910. The highest BCUT2D eigenvalue weighted by molar-refractivity contribution is 5.76. The van der Waals surface area contributed by atoms with Crippen LogP contribution in [-0.2, 0) is 0 Å². The standard InChI is InChI=1S/C8H10N2/c1-7-3-4-8(6-9-2)10-5-7/h3-6H,1-2H3/b9-6-. The van der Waals surface area contributed by atoms with Crippen molar-refractivity contribution < 1.29 is 0 Å². The predicted molar refractivity (Wildman–Crippen MR) is 42.5 cm³/mol. The van der Waals surface area contributed by atoms with Crippen LogP contribution in [0.4, 0.5) is 0 Å². The van der Waals surface area contributed by atoms with Gasteiger partial charge in [-0.15, -0.1) is 0 Å². The zero-order valence-electron chi connectivity index (χ0n) is 6.20. The molecule has 0 aliphatic rings. The smallest absolute Gasteiger partial charge is 0.0807 e. The lowest BCUT2D eigenvalue weighted by Crippen LogP contribution is -1.85. The highest BCUT2D eigenvalue weighted by Gasteiger charge is 1.85. The van der Waals surface area contributed by atoms with Crippen molar-refractivity contribution in [2.45, 2.75) is 6.92 Å². The van der Waals surface area contributed by atoms with Gasteiger partial charge in [-0.2, -0.15) is 0 Å². The molecule has 0 N–H and O–H groups in total. The van der Waals surface area contributed by atoms with Gasteiger partial charge in [0, 0.05) is 19.5 Å². The van der Waals surface area contributed by atoms with E-state index in [9.17, 15) is 0 Å². The minimum Gasteiger partial charge on any atom is -0.294 e. The lowest BCUT2D eigenvalue weighted by atomic mass is 10.3. The normalized spacial score (nSPS) is 10.6. The first kappa shape index (κ1) is 6.93. The molecule has 0 spiro atoms. The molecule has 2 nitrogen and oxygen atoms in total. The van der Waals surface area contributed by atoms with Gasteiger partial charge in [0.25, 0.3) is 0 Å². The SMILES string of the molecule is C/N=C\c1ccc(C)cn1. The van der Waals surface area contributed by atoms with E-state index in [0.29, 0.717) is 0 Å². The number of rotatable bonds is 1. The van der Waals surface area contributed by atoms with Crippen LogP contribution >= 0.6 is 0 Å². The van der Waals surface area contributed by atoms with Crippen molar-refractivity contribution >= 4 is 6.21 Å². The molecule has 0 saturated heterocycles. The Bertz CT molecular complexity index is 224. The molecular weight excluding hydrogens is 124 g/mol. The van der Waals surface area contributed by atoms with Gasteiger partial charge in [-0.1, -0.05) is 6.07 Å². The first-order valence-corrected chi connectivity index (χ1v) is 3.18. The molecule has 0 aliphatic heterocycles. The Morgan fingerprint density at radius 1 is 1.50 bits per heavy atom. The quantitative estimate of drug-likeness (QED) is 0.533. The second-order valence-corrected chi connectivity index (χ2v) is 2.15. The Kier molecular flexibility index (Phi) is 2.15. The third-order valence-electron chi connectivity index (χ3n) is 1.20. The van der Waals surface area contributed by atoms with E-state index in [4.69, 9.17) is 0 Å². The average Bonchev–Trinajstić information content (AvgIpc) is 1.95. The molecule has 0 unspecified atom stereocenters. The molecule has 2 heteroatoms. The fourth-order valence-electron chi connectivity index (χ4n) is 0.688. The molecule has 1 heterocycles. The first-order chi connectivity index (χ1) is 4.83. The van der Waals surface area contributed by atoms with E-state index in [1.807, 2.05) is 25.3 Å². The number of aliphatic imine (C=N–C) groups is 1. The fraction of sp³-hybridized carbons (Fsp3) is 0.250. The van der Waals surface area contributed by atoms with Gasteiger partial charge in [-0.25, -0.2) is 0 Å². The van der Waals surface area contributed by atoms with Crippen LogP contribution in [0.15, 0.2) is 23.3 Å². The van der Waals surface area contributed by atoms with E-state index < -0.39 is 0 Å². The third-order valence-corrected chi connectivity index (χ3v) is 1.20. The van der Waals surface area contributed by atoms with Crippen LogP contribution in [0.5, 0.6) is 0 Å². The van der Waals surface area contributed by atoms with Gasteiger partial charge in [-0.3, -0.25) is 9.98 Å². The molecule has 0 aliphatic carbocycles. The van der Waals surface area contributed by atoms with E-state index in [0.717, 1.165) is 5.69 Å². The van der Waals surface area contributed by atoms with Gasteiger partial charge in [0.15, 0.2) is 0 Å². The summed E-state index contributed by atoms with van der Waals surface area (Å²) in [6.45, 7) is 2.01. The molecule has 0 atom stereocenters. The number of nitrogens with zero attached hydrogens (tertiary/aromatic N) is 2. The summed E-state index contributed by atoms with van der Waals surface area (Å²) in [6.07, 6.45) is 3.57. The summed E-state index contributed by atoms with van der Waals surface area (Å²) in [5.41, 5.74) is 2.08. The van der Waals surface area contributed by atoms with Crippen molar-refractivity contribution in [2.24, 2.45) is 4.99 Å². The van der Waals surface area contributed by atoms with Crippen LogP contribution in [-0.4, -0.2) is 18.2 Å². The van der Waals surface area contributed by atoms with Crippen molar-refractivity contribution in [3.63, 3.8) is 0 Å². The molecule has 1 aromatic heterocycles. The molecule has 1 aromatic rings. The lowest BCUT2D eigenvalue weighted by Gasteiger charge is -1.90.